The molecule has 1 rings (SSSR count). The standard InChI is InChI=1S/C11H15Cl2N3O.ClH/c12-9-3-2-8(6-10(9)13)7-16-11(17)15-5-1-4-14;/h2-3,6H,1,4-5,7,14H2,(H2,15,16,17);1H. The second-order valence-electron chi connectivity index (χ2n) is 3.50. The van der Waals surface area contributed by atoms with Crippen LogP contribution < -0.4 is 16.4 Å². The van der Waals surface area contributed by atoms with Gasteiger partial charge >= 0.3 is 6.03 Å². The van der Waals surface area contributed by atoms with E-state index < -0.39 is 0 Å². The van der Waals surface area contributed by atoms with Crippen molar-refractivity contribution in [1.29, 1.82) is 0 Å². The lowest BCUT2D eigenvalue weighted by Gasteiger charge is -2.07. The fourth-order valence-corrected chi connectivity index (χ4v) is 1.52. The molecule has 0 saturated heterocycles. The molecular formula is C11H16Cl3N3O. The zero-order chi connectivity index (χ0) is 12.7. The summed E-state index contributed by atoms with van der Waals surface area (Å²) in [5, 5.41) is 6.39. The highest BCUT2D eigenvalue weighted by Crippen LogP contribution is 2.22. The van der Waals surface area contributed by atoms with Crippen molar-refractivity contribution in [2.24, 2.45) is 5.73 Å². The van der Waals surface area contributed by atoms with Crippen LogP contribution in [0.15, 0.2) is 18.2 Å². The van der Waals surface area contributed by atoms with Crippen LogP contribution in [0, 0.1) is 0 Å². The topological polar surface area (TPSA) is 67.1 Å². The summed E-state index contributed by atoms with van der Waals surface area (Å²) in [6, 6.07) is 5.02. The highest BCUT2D eigenvalue weighted by molar-refractivity contribution is 6.42. The zero-order valence-electron chi connectivity index (χ0n) is 9.71. The van der Waals surface area contributed by atoms with E-state index in [1.807, 2.05) is 6.07 Å². The highest BCUT2D eigenvalue weighted by Gasteiger charge is 2.02. The first kappa shape index (κ1) is 17.3. The smallest absolute Gasteiger partial charge is 0.315 e. The maximum atomic E-state index is 11.3. The van der Waals surface area contributed by atoms with Gasteiger partial charge in [0.25, 0.3) is 0 Å². The quantitative estimate of drug-likeness (QED) is 0.732. The van der Waals surface area contributed by atoms with Crippen molar-refractivity contribution < 1.29 is 4.79 Å². The lowest BCUT2D eigenvalue weighted by atomic mass is 10.2. The monoisotopic (exact) mass is 311 g/mol. The summed E-state index contributed by atoms with van der Waals surface area (Å²) in [5.41, 5.74) is 6.21. The second kappa shape index (κ2) is 9.28. The molecule has 0 atom stereocenters. The van der Waals surface area contributed by atoms with E-state index in [2.05, 4.69) is 10.6 Å². The van der Waals surface area contributed by atoms with E-state index in [9.17, 15) is 4.79 Å². The lowest BCUT2D eigenvalue weighted by molar-refractivity contribution is 0.240. The molecule has 0 aliphatic rings. The summed E-state index contributed by atoms with van der Waals surface area (Å²) in [7, 11) is 0. The minimum Gasteiger partial charge on any atom is -0.338 e. The third kappa shape index (κ3) is 6.31. The van der Waals surface area contributed by atoms with Crippen LogP contribution in [-0.2, 0) is 6.54 Å². The summed E-state index contributed by atoms with van der Waals surface area (Å²) >= 11 is 11.6. The Morgan fingerprint density at radius 3 is 2.56 bits per heavy atom. The summed E-state index contributed by atoms with van der Waals surface area (Å²) in [4.78, 5) is 11.3. The molecule has 0 saturated carbocycles. The van der Waals surface area contributed by atoms with Crippen LogP contribution in [0.1, 0.15) is 12.0 Å². The number of urea groups is 1. The van der Waals surface area contributed by atoms with Gasteiger partial charge in [-0.3, -0.25) is 0 Å². The van der Waals surface area contributed by atoms with Crippen molar-refractivity contribution in [3.05, 3.63) is 33.8 Å². The molecule has 0 aromatic heterocycles. The van der Waals surface area contributed by atoms with E-state index >= 15 is 0 Å². The van der Waals surface area contributed by atoms with Gasteiger partial charge in [-0.15, -0.1) is 12.4 Å². The number of carbonyl (C=O) groups excluding carboxylic acids is 1. The first-order valence-electron chi connectivity index (χ1n) is 5.29. The van der Waals surface area contributed by atoms with Gasteiger partial charge in [-0.25, -0.2) is 4.79 Å². The Morgan fingerprint density at radius 1 is 1.22 bits per heavy atom. The second-order valence-corrected chi connectivity index (χ2v) is 4.31. The van der Waals surface area contributed by atoms with Crippen molar-refractivity contribution in [3.8, 4) is 0 Å². The van der Waals surface area contributed by atoms with Gasteiger partial charge in [0.05, 0.1) is 10.0 Å². The summed E-state index contributed by atoms with van der Waals surface area (Å²) in [6.45, 7) is 1.54. The number of halogens is 3. The van der Waals surface area contributed by atoms with Gasteiger partial charge in [0.2, 0.25) is 0 Å². The van der Waals surface area contributed by atoms with Crippen LogP contribution in [-0.4, -0.2) is 19.1 Å². The molecular weight excluding hydrogens is 296 g/mol. The normalized spacial score (nSPS) is 9.50. The average Bonchev–Trinajstić information content (AvgIpc) is 2.31. The SMILES string of the molecule is Cl.NCCCNC(=O)NCc1ccc(Cl)c(Cl)c1. The molecule has 4 N–H and O–H groups in total. The molecule has 0 fully saturated rings. The van der Waals surface area contributed by atoms with Crippen molar-refractivity contribution in [2.45, 2.75) is 13.0 Å². The van der Waals surface area contributed by atoms with E-state index in [-0.39, 0.29) is 18.4 Å². The molecule has 102 valence electrons. The van der Waals surface area contributed by atoms with Crippen molar-refractivity contribution >= 4 is 41.6 Å². The fraction of sp³-hybridized carbons (Fsp3) is 0.364. The molecule has 1 aromatic rings. The van der Waals surface area contributed by atoms with Crippen LogP contribution in [0.4, 0.5) is 4.79 Å². The summed E-state index contributed by atoms with van der Waals surface area (Å²) < 4.78 is 0. The highest BCUT2D eigenvalue weighted by atomic mass is 35.5. The van der Waals surface area contributed by atoms with Crippen molar-refractivity contribution in [1.82, 2.24) is 10.6 Å². The maximum Gasteiger partial charge on any atom is 0.315 e. The third-order valence-corrected chi connectivity index (χ3v) is 2.84. The number of amides is 2. The third-order valence-electron chi connectivity index (χ3n) is 2.10. The Labute approximate surface area is 123 Å². The maximum absolute atomic E-state index is 11.3. The zero-order valence-corrected chi connectivity index (χ0v) is 12.0. The number of hydrogen-bond donors (Lipinski definition) is 3. The molecule has 7 heteroatoms. The Hall–Kier alpha value is -0.680. The lowest BCUT2D eigenvalue weighted by Crippen LogP contribution is -2.36. The van der Waals surface area contributed by atoms with Crippen LogP contribution in [0.25, 0.3) is 0 Å². The van der Waals surface area contributed by atoms with Crippen LogP contribution in [0.2, 0.25) is 10.0 Å². The number of carbonyl (C=O) groups is 1. The van der Waals surface area contributed by atoms with Crippen LogP contribution in [0.5, 0.6) is 0 Å². The summed E-state index contributed by atoms with van der Waals surface area (Å²) in [6.07, 6.45) is 0.764. The Bertz CT molecular complexity index is 388. The van der Waals surface area contributed by atoms with E-state index in [0.29, 0.717) is 29.7 Å². The molecule has 0 aliphatic carbocycles. The number of hydrogen-bond acceptors (Lipinski definition) is 2. The first-order chi connectivity index (χ1) is 8.13. The molecule has 18 heavy (non-hydrogen) atoms. The van der Waals surface area contributed by atoms with Crippen molar-refractivity contribution in [3.63, 3.8) is 0 Å². The molecule has 1 aromatic carbocycles. The molecule has 0 heterocycles. The average molecular weight is 313 g/mol. The van der Waals surface area contributed by atoms with E-state index in [4.69, 9.17) is 28.9 Å². The van der Waals surface area contributed by atoms with E-state index in [1.54, 1.807) is 12.1 Å². The van der Waals surface area contributed by atoms with Crippen LogP contribution in [0.3, 0.4) is 0 Å². The fourth-order valence-electron chi connectivity index (χ4n) is 1.20. The molecule has 2 amide bonds. The van der Waals surface area contributed by atoms with Gasteiger partial charge in [0, 0.05) is 13.1 Å². The molecule has 0 spiro atoms. The minimum absolute atomic E-state index is 0. The number of nitrogens with one attached hydrogen (secondary N) is 2. The predicted molar refractivity (Wildman–Crippen MR) is 77.6 cm³/mol. The van der Waals surface area contributed by atoms with E-state index in [0.717, 1.165) is 12.0 Å². The molecule has 0 unspecified atom stereocenters. The molecule has 0 aliphatic heterocycles. The van der Waals surface area contributed by atoms with Crippen LogP contribution >= 0.6 is 35.6 Å². The van der Waals surface area contributed by atoms with Gasteiger partial charge in [-0.1, -0.05) is 29.3 Å². The van der Waals surface area contributed by atoms with Gasteiger partial charge in [-0.2, -0.15) is 0 Å². The van der Waals surface area contributed by atoms with Gasteiger partial charge in [0.15, 0.2) is 0 Å². The Kier molecular flexibility index (Phi) is 8.93. The van der Waals surface area contributed by atoms with Gasteiger partial charge in [-0.05, 0) is 30.7 Å². The van der Waals surface area contributed by atoms with Gasteiger partial charge in [0.1, 0.15) is 0 Å². The minimum atomic E-state index is -0.218. The molecule has 0 bridgehead atoms. The van der Waals surface area contributed by atoms with Gasteiger partial charge < -0.3 is 16.4 Å². The predicted octanol–water partition coefficient (Wildman–Crippen LogP) is 2.56. The first-order valence-corrected chi connectivity index (χ1v) is 6.04. The Morgan fingerprint density at radius 2 is 1.94 bits per heavy atom. The summed E-state index contributed by atoms with van der Waals surface area (Å²) in [5.74, 6) is 0. The number of nitrogens with two attached hydrogens (primary N) is 1. The largest absolute Gasteiger partial charge is 0.338 e. The number of rotatable bonds is 5. The molecule has 4 nitrogen and oxygen atoms in total. The number of benzene rings is 1. The molecule has 0 radical (unpaired) electrons. The van der Waals surface area contributed by atoms with Crippen molar-refractivity contribution in [2.75, 3.05) is 13.1 Å². The Balaban J connectivity index is 0.00000289. The van der Waals surface area contributed by atoms with E-state index in [1.165, 1.54) is 0 Å².